The van der Waals surface area contributed by atoms with E-state index in [4.69, 9.17) is 28.5 Å². The summed E-state index contributed by atoms with van der Waals surface area (Å²) in [5.74, 6) is 0. The van der Waals surface area contributed by atoms with Crippen molar-refractivity contribution in [3.05, 3.63) is 56.4 Å². The molecule has 0 saturated carbocycles. The zero-order valence-electron chi connectivity index (χ0n) is 9.21. The quantitative estimate of drug-likeness (QED) is 0.915. The number of aromatic amines is 1. The number of nitriles is 1. The van der Waals surface area contributed by atoms with Crippen LogP contribution in [0.1, 0.15) is 5.69 Å². The Hall–Kier alpha value is -1.76. The van der Waals surface area contributed by atoms with Crippen molar-refractivity contribution >= 4 is 23.2 Å². The lowest BCUT2D eigenvalue weighted by molar-refractivity contribution is 1.08. The number of halogens is 2. The summed E-state index contributed by atoms with van der Waals surface area (Å²) in [5.41, 5.74) is 1.70. The normalized spacial score (nSPS) is 10.1. The molecule has 3 nitrogen and oxygen atoms in total. The summed E-state index contributed by atoms with van der Waals surface area (Å²) >= 11 is 12.1. The molecule has 0 aliphatic heterocycles. The van der Waals surface area contributed by atoms with Crippen LogP contribution in [0.15, 0.2) is 35.1 Å². The molecule has 0 unspecified atom stereocenters. The van der Waals surface area contributed by atoms with Gasteiger partial charge < -0.3 is 4.98 Å². The molecule has 0 atom stereocenters. The predicted molar refractivity (Wildman–Crippen MR) is 71.8 cm³/mol. The van der Waals surface area contributed by atoms with Gasteiger partial charge in [-0.15, -0.1) is 0 Å². The van der Waals surface area contributed by atoms with E-state index in [-0.39, 0.29) is 12.0 Å². The zero-order chi connectivity index (χ0) is 13.1. The van der Waals surface area contributed by atoms with Crippen molar-refractivity contribution < 1.29 is 0 Å². The molecule has 0 spiro atoms. The van der Waals surface area contributed by atoms with Crippen LogP contribution in [0.25, 0.3) is 11.1 Å². The Balaban J connectivity index is 2.67. The smallest absolute Gasteiger partial charge is 0.248 e. The van der Waals surface area contributed by atoms with Crippen molar-refractivity contribution in [3.63, 3.8) is 0 Å². The van der Waals surface area contributed by atoms with Crippen LogP contribution in [0, 0.1) is 11.3 Å². The summed E-state index contributed by atoms with van der Waals surface area (Å²) in [7, 11) is 0. The maximum absolute atomic E-state index is 11.3. The Morgan fingerprint density at radius 1 is 1.17 bits per heavy atom. The first-order chi connectivity index (χ1) is 8.63. The van der Waals surface area contributed by atoms with E-state index in [1.807, 2.05) is 6.07 Å². The van der Waals surface area contributed by atoms with Crippen molar-refractivity contribution in [1.82, 2.24) is 4.98 Å². The molecular formula is C13H8Cl2N2O. The molecule has 0 aliphatic carbocycles. The Labute approximate surface area is 114 Å². The number of hydrogen-bond donors (Lipinski definition) is 1. The first-order valence-electron chi connectivity index (χ1n) is 5.17. The third kappa shape index (κ3) is 2.40. The van der Waals surface area contributed by atoms with Gasteiger partial charge in [-0.1, -0.05) is 35.3 Å². The van der Waals surface area contributed by atoms with Gasteiger partial charge in [0.2, 0.25) is 5.56 Å². The summed E-state index contributed by atoms with van der Waals surface area (Å²) in [5, 5.41) is 9.62. The topological polar surface area (TPSA) is 56.6 Å². The van der Waals surface area contributed by atoms with Crippen molar-refractivity contribution in [2.24, 2.45) is 0 Å². The summed E-state index contributed by atoms with van der Waals surface area (Å²) in [6, 6.07) is 10.3. The molecule has 0 radical (unpaired) electrons. The summed E-state index contributed by atoms with van der Waals surface area (Å²) < 4.78 is 0. The van der Waals surface area contributed by atoms with E-state index in [1.165, 1.54) is 6.07 Å². The number of aromatic nitrogens is 1. The fraction of sp³-hybridized carbons (Fsp3) is 0.0769. The van der Waals surface area contributed by atoms with Crippen LogP contribution in [0.3, 0.4) is 0 Å². The third-order valence-corrected chi connectivity index (χ3v) is 3.32. The minimum Gasteiger partial charge on any atom is -0.325 e. The number of nitrogens with one attached hydrogen (secondary N) is 1. The second kappa shape index (κ2) is 5.26. The lowest BCUT2D eigenvalue weighted by Crippen LogP contribution is -2.08. The molecule has 0 saturated heterocycles. The van der Waals surface area contributed by atoms with Crippen molar-refractivity contribution in [2.75, 3.05) is 0 Å². The standard InChI is InChI=1S/C13H8Cl2N2O/c14-10-3-1-2-9(13(10)15)8-4-5-12(18)17-11(8)6-7-16/h1-5H,6H2,(H,17,18). The molecule has 5 heteroatoms. The molecule has 2 aromatic rings. The Kier molecular flexibility index (Phi) is 3.71. The summed E-state index contributed by atoms with van der Waals surface area (Å²) in [6.07, 6.45) is 0.105. The summed E-state index contributed by atoms with van der Waals surface area (Å²) in [4.78, 5) is 13.9. The maximum Gasteiger partial charge on any atom is 0.248 e. The van der Waals surface area contributed by atoms with E-state index in [0.29, 0.717) is 26.9 Å². The average molecular weight is 279 g/mol. The van der Waals surface area contributed by atoms with E-state index in [1.54, 1.807) is 24.3 Å². The second-order valence-corrected chi connectivity index (χ2v) is 4.44. The first kappa shape index (κ1) is 12.7. The Morgan fingerprint density at radius 2 is 1.94 bits per heavy atom. The van der Waals surface area contributed by atoms with Gasteiger partial charge in [0, 0.05) is 22.9 Å². The molecular weight excluding hydrogens is 271 g/mol. The largest absolute Gasteiger partial charge is 0.325 e. The number of hydrogen-bond acceptors (Lipinski definition) is 2. The van der Waals surface area contributed by atoms with Crippen LogP contribution >= 0.6 is 23.2 Å². The van der Waals surface area contributed by atoms with Gasteiger partial charge in [-0.25, -0.2) is 0 Å². The van der Waals surface area contributed by atoms with Gasteiger partial charge >= 0.3 is 0 Å². The van der Waals surface area contributed by atoms with Gasteiger partial charge in [0.05, 0.1) is 22.5 Å². The highest BCUT2D eigenvalue weighted by Gasteiger charge is 2.11. The molecule has 1 heterocycles. The van der Waals surface area contributed by atoms with E-state index in [9.17, 15) is 4.79 Å². The molecule has 1 N–H and O–H groups in total. The molecule has 90 valence electrons. The highest BCUT2D eigenvalue weighted by molar-refractivity contribution is 6.43. The van der Waals surface area contributed by atoms with Crippen LogP contribution in [0.4, 0.5) is 0 Å². The highest BCUT2D eigenvalue weighted by atomic mass is 35.5. The number of nitrogens with zero attached hydrogens (tertiary/aromatic N) is 1. The fourth-order valence-corrected chi connectivity index (χ4v) is 2.10. The van der Waals surface area contributed by atoms with Gasteiger partial charge in [0.15, 0.2) is 0 Å². The van der Waals surface area contributed by atoms with Crippen molar-refractivity contribution in [2.45, 2.75) is 6.42 Å². The SMILES string of the molecule is N#CCc1[nH]c(=O)ccc1-c1cccc(Cl)c1Cl. The zero-order valence-corrected chi connectivity index (χ0v) is 10.7. The molecule has 1 aromatic heterocycles. The molecule has 0 bridgehead atoms. The van der Waals surface area contributed by atoms with Gasteiger partial charge in [0.1, 0.15) is 0 Å². The third-order valence-electron chi connectivity index (χ3n) is 2.50. The van der Waals surface area contributed by atoms with Crippen LogP contribution in [0.2, 0.25) is 10.0 Å². The first-order valence-corrected chi connectivity index (χ1v) is 5.92. The van der Waals surface area contributed by atoms with Crippen LogP contribution < -0.4 is 5.56 Å². The number of benzene rings is 1. The van der Waals surface area contributed by atoms with Gasteiger partial charge in [-0.3, -0.25) is 4.79 Å². The Morgan fingerprint density at radius 3 is 2.67 bits per heavy atom. The predicted octanol–water partition coefficient (Wildman–Crippen LogP) is 3.41. The number of H-pyrrole nitrogens is 1. The molecule has 0 aliphatic rings. The molecule has 0 fully saturated rings. The lowest BCUT2D eigenvalue weighted by atomic mass is 10.0. The average Bonchev–Trinajstić information content (AvgIpc) is 2.34. The number of pyridine rings is 1. The van der Waals surface area contributed by atoms with Crippen molar-refractivity contribution in [1.29, 1.82) is 5.26 Å². The molecule has 1 aromatic carbocycles. The van der Waals surface area contributed by atoms with E-state index in [2.05, 4.69) is 4.98 Å². The monoisotopic (exact) mass is 278 g/mol. The minimum atomic E-state index is -0.248. The second-order valence-electron chi connectivity index (χ2n) is 3.65. The van der Waals surface area contributed by atoms with Crippen molar-refractivity contribution in [3.8, 4) is 17.2 Å². The lowest BCUT2D eigenvalue weighted by Gasteiger charge is -2.09. The molecule has 0 amide bonds. The number of rotatable bonds is 2. The van der Waals surface area contributed by atoms with Crippen LogP contribution in [0.5, 0.6) is 0 Å². The van der Waals surface area contributed by atoms with E-state index >= 15 is 0 Å². The van der Waals surface area contributed by atoms with Crippen LogP contribution in [-0.2, 0) is 6.42 Å². The summed E-state index contributed by atoms with van der Waals surface area (Å²) in [6.45, 7) is 0. The van der Waals surface area contributed by atoms with Gasteiger partial charge in [-0.05, 0) is 12.1 Å². The maximum atomic E-state index is 11.3. The van der Waals surface area contributed by atoms with Gasteiger partial charge in [-0.2, -0.15) is 5.26 Å². The molecule has 2 rings (SSSR count). The highest BCUT2D eigenvalue weighted by Crippen LogP contribution is 2.34. The minimum absolute atomic E-state index is 0.105. The van der Waals surface area contributed by atoms with E-state index in [0.717, 1.165) is 0 Å². The van der Waals surface area contributed by atoms with Crippen LogP contribution in [-0.4, -0.2) is 4.98 Å². The Bertz CT molecular complexity index is 686. The fourth-order valence-electron chi connectivity index (χ4n) is 1.70. The molecule has 18 heavy (non-hydrogen) atoms. The van der Waals surface area contributed by atoms with E-state index < -0.39 is 0 Å². The van der Waals surface area contributed by atoms with Gasteiger partial charge in [0.25, 0.3) is 0 Å².